The Morgan fingerprint density at radius 3 is 2.63 bits per heavy atom. The van der Waals surface area contributed by atoms with Crippen molar-refractivity contribution in [2.75, 3.05) is 7.11 Å². The van der Waals surface area contributed by atoms with Crippen molar-refractivity contribution < 1.29 is 9.15 Å². The Morgan fingerprint density at radius 2 is 2.11 bits per heavy atom. The normalized spacial score (nSPS) is 11.6. The van der Waals surface area contributed by atoms with Crippen LogP contribution in [-0.2, 0) is 6.42 Å². The minimum Gasteiger partial charge on any atom is -0.481 e. The van der Waals surface area contributed by atoms with Gasteiger partial charge in [-0.3, -0.25) is 0 Å². The molecule has 0 bridgehead atoms. The maximum Gasteiger partial charge on any atom is 0.217 e. The molecule has 0 amide bonds. The minimum absolute atomic E-state index is 0.389. The van der Waals surface area contributed by atoms with Gasteiger partial charge in [-0.05, 0) is 20.8 Å². The van der Waals surface area contributed by atoms with Crippen LogP contribution >= 0.6 is 0 Å². The molecule has 0 radical (unpaired) electrons. The fraction of sp³-hybridized carbons (Fsp3) is 0.462. The Labute approximate surface area is 112 Å². The predicted octanol–water partition coefficient (Wildman–Crippen LogP) is 1.73. The van der Waals surface area contributed by atoms with Crippen LogP contribution in [0.15, 0.2) is 16.9 Å². The molecule has 2 heterocycles. The Bertz CT molecular complexity index is 572. The second-order valence-corrected chi connectivity index (χ2v) is 5.14. The van der Waals surface area contributed by atoms with E-state index in [1.807, 2.05) is 20.8 Å². The van der Waals surface area contributed by atoms with Crippen LogP contribution in [0.4, 0.5) is 0 Å². The molecule has 0 atom stereocenters. The Balaban J connectivity index is 2.45. The first-order valence-electron chi connectivity index (χ1n) is 6.00. The number of nitrogens with zero attached hydrogens (tertiary/aromatic N) is 3. The number of nitrogens with two attached hydrogens (primary N) is 1. The molecular formula is C13H18N4O2. The quantitative estimate of drug-likeness (QED) is 0.902. The van der Waals surface area contributed by atoms with Gasteiger partial charge in [0.1, 0.15) is 11.5 Å². The summed E-state index contributed by atoms with van der Waals surface area (Å²) >= 11 is 0. The lowest BCUT2D eigenvalue weighted by Gasteiger charge is -2.17. The third kappa shape index (κ3) is 3.29. The van der Waals surface area contributed by atoms with Gasteiger partial charge in [-0.1, -0.05) is 0 Å². The number of aryl methyl sites for hydroxylation is 1. The van der Waals surface area contributed by atoms with Crippen molar-refractivity contribution in [1.82, 2.24) is 15.0 Å². The molecule has 2 aromatic rings. The lowest BCUT2D eigenvalue weighted by molar-refractivity contribution is 0.391. The van der Waals surface area contributed by atoms with E-state index in [2.05, 4.69) is 15.0 Å². The average Bonchev–Trinajstić information content (AvgIpc) is 2.72. The third-order valence-electron chi connectivity index (χ3n) is 2.55. The van der Waals surface area contributed by atoms with Crippen molar-refractivity contribution in [3.8, 4) is 17.3 Å². The van der Waals surface area contributed by atoms with Crippen molar-refractivity contribution in [2.45, 2.75) is 32.7 Å². The molecule has 102 valence electrons. The molecule has 0 fully saturated rings. The van der Waals surface area contributed by atoms with Crippen LogP contribution in [0.1, 0.15) is 25.4 Å². The molecule has 0 aromatic carbocycles. The smallest absolute Gasteiger partial charge is 0.217 e. The van der Waals surface area contributed by atoms with E-state index in [0.29, 0.717) is 29.6 Å². The van der Waals surface area contributed by atoms with Crippen molar-refractivity contribution in [1.29, 1.82) is 0 Å². The van der Waals surface area contributed by atoms with Gasteiger partial charge in [0, 0.05) is 18.0 Å². The highest BCUT2D eigenvalue weighted by molar-refractivity contribution is 5.55. The monoisotopic (exact) mass is 262 g/mol. The number of methoxy groups -OCH3 is 1. The highest BCUT2D eigenvalue weighted by Gasteiger charge is 2.18. The molecule has 0 spiro atoms. The zero-order chi connectivity index (χ0) is 14.0. The van der Waals surface area contributed by atoms with Gasteiger partial charge in [0.25, 0.3) is 0 Å². The van der Waals surface area contributed by atoms with Gasteiger partial charge in [-0.15, -0.1) is 0 Å². The van der Waals surface area contributed by atoms with Crippen LogP contribution in [0.5, 0.6) is 5.88 Å². The van der Waals surface area contributed by atoms with Crippen LogP contribution in [0, 0.1) is 6.92 Å². The van der Waals surface area contributed by atoms with Crippen LogP contribution in [-0.4, -0.2) is 27.6 Å². The number of hydrogen-bond acceptors (Lipinski definition) is 6. The molecule has 19 heavy (non-hydrogen) atoms. The van der Waals surface area contributed by atoms with E-state index in [1.165, 1.54) is 6.39 Å². The zero-order valence-corrected chi connectivity index (χ0v) is 11.6. The molecule has 0 aliphatic rings. The second-order valence-electron chi connectivity index (χ2n) is 5.14. The van der Waals surface area contributed by atoms with Crippen molar-refractivity contribution >= 4 is 0 Å². The van der Waals surface area contributed by atoms with E-state index in [-0.39, 0.29) is 5.54 Å². The maximum absolute atomic E-state index is 6.00. The summed E-state index contributed by atoms with van der Waals surface area (Å²) in [6, 6.07) is 1.72. The first-order valence-corrected chi connectivity index (χ1v) is 6.00. The molecule has 0 aliphatic carbocycles. The molecule has 0 aliphatic heterocycles. The molecule has 0 saturated carbocycles. The highest BCUT2D eigenvalue weighted by Crippen LogP contribution is 2.24. The van der Waals surface area contributed by atoms with Gasteiger partial charge >= 0.3 is 0 Å². The molecule has 6 heteroatoms. The summed E-state index contributed by atoms with van der Waals surface area (Å²) in [6.45, 7) is 5.71. The van der Waals surface area contributed by atoms with Gasteiger partial charge in [0.15, 0.2) is 12.2 Å². The van der Waals surface area contributed by atoms with E-state index in [1.54, 1.807) is 13.2 Å². The number of ether oxygens (including phenoxy) is 1. The van der Waals surface area contributed by atoms with E-state index in [0.717, 1.165) is 5.69 Å². The fourth-order valence-electron chi connectivity index (χ4n) is 1.73. The average molecular weight is 262 g/mol. The summed E-state index contributed by atoms with van der Waals surface area (Å²) in [5, 5.41) is 0. The van der Waals surface area contributed by atoms with Crippen LogP contribution in [0.2, 0.25) is 0 Å². The minimum atomic E-state index is -0.389. The van der Waals surface area contributed by atoms with Gasteiger partial charge in [0.05, 0.1) is 12.8 Å². The standard InChI is InChI=1S/C13H18N4O2/c1-8-12(19-7-15-8)9-5-11(18-4)17-10(16-9)6-13(2,3)14/h5,7H,6,14H2,1-4H3. The summed E-state index contributed by atoms with van der Waals surface area (Å²) in [5.41, 5.74) is 7.04. The molecular weight excluding hydrogens is 244 g/mol. The van der Waals surface area contributed by atoms with Crippen LogP contribution in [0.3, 0.4) is 0 Å². The summed E-state index contributed by atoms with van der Waals surface area (Å²) in [7, 11) is 1.57. The second kappa shape index (κ2) is 4.97. The molecule has 0 unspecified atom stereocenters. The third-order valence-corrected chi connectivity index (χ3v) is 2.55. The van der Waals surface area contributed by atoms with Crippen molar-refractivity contribution in [2.24, 2.45) is 5.73 Å². The number of oxazole rings is 1. The van der Waals surface area contributed by atoms with Gasteiger partial charge < -0.3 is 14.9 Å². The summed E-state index contributed by atoms with van der Waals surface area (Å²) in [5.74, 6) is 1.73. The topological polar surface area (TPSA) is 87.1 Å². The highest BCUT2D eigenvalue weighted by atomic mass is 16.5. The number of rotatable bonds is 4. The van der Waals surface area contributed by atoms with E-state index >= 15 is 0 Å². The van der Waals surface area contributed by atoms with Crippen molar-refractivity contribution in [3.63, 3.8) is 0 Å². The van der Waals surface area contributed by atoms with E-state index < -0.39 is 0 Å². The number of aromatic nitrogens is 3. The largest absolute Gasteiger partial charge is 0.481 e. The Kier molecular flexibility index (Phi) is 3.53. The molecule has 2 rings (SSSR count). The van der Waals surface area contributed by atoms with Gasteiger partial charge in [-0.25, -0.2) is 9.97 Å². The first-order chi connectivity index (χ1) is 8.89. The molecule has 0 saturated heterocycles. The summed E-state index contributed by atoms with van der Waals surface area (Å²) in [4.78, 5) is 12.8. The fourth-order valence-corrected chi connectivity index (χ4v) is 1.73. The maximum atomic E-state index is 6.00. The first kappa shape index (κ1) is 13.5. The summed E-state index contributed by atoms with van der Waals surface area (Å²) in [6.07, 6.45) is 1.94. The zero-order valence-electron chi connectivity index (χ0n) is 11.6. The Morgan fingerprint density at radius 1 is 1.37 bits per heavy atom. The predicted molar refractivity (Wildman–Crippen MR) is 70.8 cm³/mol. The van der Waals surface area contributed by atoms with Crippen LogP contribution in [0.25, 0.3) is 11.5 Å². The molecule has 2 aromatic heterocycles. The molecule has 2 N–H and O–H groups in total. The van der Waals surface area contributed by atoms with E-state index in [9.17, 15) is 0 Å². The van der Waals surface area contributed by atoms with E-state index in [4.69, 9.17) is 14.9 Å². The molecule has 6 nitrogen and oxygen atoms in total. The lowest BCUT2D eigenvalue weighted by Crippen LogP contribution is -2.35. The van der Waals surface area contributed by atoms with Crippen LogP contribution < -0.4 is 10.5 Å². The van der Waals surface area contributed by atoms with Crippen molar-refractivity contribution in [3.05, 3.63) is 24.0 Å². The van der Waals surface area contributed by atoms with Gasteiger partial charge in [0.2, 0.25) is 5.88 Å². The summed E-state index contributed by atoms with van der Waals surface area (Å²) < 4.78 is 10.5. The SMILES string of the molecule is COc1cc(-c2ocnc2C)nc(CC(C)(C)N)n1. The van der Waals surface area contributed by atoms with Gasteiger partial charge in [-0.2, -0.15) is 4.98 Å². The Hall–Kier alpha value is -1.95. The lowest BCUT2D eigenvalue weighted by atomic mass is 10.0. The number of hydrogen-bond donors (Lipinski definition) is 1.